The number of rotatable bonds is 28. The molecule has 274 valence electrons. The Morgan fingerprint density at radius 1 is 0.652 bits per heavy atom. The number of phosphoric acid groups is 1. The second kappa shape index (κ2) is 25.3. The van der Waals surface area contributed by atoms with Gasteiger partial charge in [-0.05, 0) is 12.8 Å². The summed E-state index contributed by atoms with van der Waals surface area (Å²) in [5.74, 6) is -0.315. The maximum absolute atomic E-state index is 12.7. The van der Waals surface area contributed by atoms with Gasteiger partial charge in [0.05, 0.1) is 18.8 Å². The van der Waals surface area contributed by atoms with Gasteiger partial charge in [0.2, 0.25) is 5.91 Å². The van der Waals surface area contributed by atoms with Crippen molar-refractivity contribution in [2.75, 3.05) is 6.61 Å². The summed E-state index contributed by atoms with van der Waals surface area (Å²) in [6.45, 7) is 3.79. The summed E-state index contributed by atoms with van der Waals surface area (Å²) < 4.78 is 22.7. The van der Waals surface area contributed by atoms with E-state index < -0.39 is 63.2 Å². The number of amides is 1. The zero-order chi connectivity index (χ0) is 34.4. The number of carbonyl (C=O) groups excluding carboxylic acids is 1. The summed E-state index contributed by atoms with van der Waals surface area (Å²) in [4.78, 5) is 23.1. The summed E-state index contributed by atoms with van der Waals surface area (Å²) in [5, 5.41) is 63.5. The topological polar surface area (TPSA) is 206 Å². The Morgan fingerprint density at radius 2 is 1.04 bits per heavy atom. The Morgan fingerprint density at radius 3 is 1.50 bits per heavy atom. The van der Waals surface area contributed by atoms with E-state index in [1.807, 2.05) is 0 Å². The normalized spacial score (nSPS) is 26.0. The molecule has 12 nitrogen and oxygen atoms in total. The zero-order valence-corrected chi connectivity index (χ0v) is 29.3. The smallest absolute Gasteiger partial charge is 0.391 e. The SMILES string of the molecule is CCCCCCCCCCCCC[C@@H](O)[C@H](COP(=O)(O)OC1C(O)C(O)C(O)[C@@H](O)C1O)NC(=O)CCCCCCCCCC. The van der Waals surface area contributed by atoms with Crippen molar-refractivity contribution in [1.29, 1.82) is 0 Å². The number of phosphoric ester groups is 1. The first-order valence-electron chi connectivity index (χ1n) is 18.0. The van der Waals surface area contributed by atoms with E-state index in [1.165, 1.54) is 70.6 Å². The highest BCUT2D eigenvalue weighted by Gasteiger charge is 2.51. The van der Waals surface area contributed by atoms with E-state index in [9.17, 15) is 44.9 Å². The summed E-state index contributed by atoms with van der Waals surface area (Å²) in [6.07, 6.45) is 8.92. The molecule has 0 radical (unpaired) electrons. The van der Waals surface area contributed by atoms with Crippen LogP contribution in [0.5, 0.6) is 0 Å². The number of aliphatic hydroxyl groups is 6. The van der Waals surface area contributed by atoms with Crippen LogP contribution in [0.4, 0.5) is 0 Å². The molecule has 1 amide bonds. The van der Waals surface area contributed by atoms with Crippen molar-refractivity contribution in [2.24, 2.45) is 0 Å². The van der Waals surface area contributed by atoms with E-state index in [4.69, 9.17) is 9.05 Å². The molecule has 9 atom stereocenters. The minimum atomic E-state index is -5.03. The summed E-state index contributed by atoms with van der Waals surface area (Å²) in [5.41, 5.74) is 0. The lowest BCUT2D eigenvalue weighted by molar-refractivity contribution is -0.220. The van der Waals surface area contributed by atoms with Gasteiger partial charge in [0.15, 0.2) is 0 Å². The van der Waals surface area contributed by atoms with Crippen LogP contribution in [-0.2, 0) is 18.4 Å². The first kappa shape index (κ1) is 43.4. The number of carbonyl (C=O) groups is 1. The van der Waals surface area contributed by atoms with Crippen molar-refractivity contribution < 1.29 is 53.9 Å². The molecular formula is C33H66NO11P. The van der Waals surface area contributed by atoms with Crippen LogP contribution < -0.4 is 5.32 Å². The van der Waals surface area contributed by atoms with Crippen LogP contribution in [0.25, 0.3) is 0 Å². The summed E-state index contributed by atoms with van der Waals surface area (Å²) in [6, 6.07) is -1.02. The van der Waals surface area contributed by atoms with Gasteiger partial charge in [0.1, 0.15) is 36.6 Å². The molecule has 46 heavy (non-hydrogen) atoms. The molecule has 1 fully saturated rings. The van der Waals surface area contributed by atoms with Crippen LogP contribution in [0.3, 0.4) is 0 Å². The van der Waals surface area contributed by atoms with Crippen LogP contribution in [0.2, 0.25) is 0 Å². The fraction of sp³-hybridized carbons (Fsp3) is 0.970. The fourth-order valence-corrected chi connectivity index (χ4v) is 6.81. The quantitative estimate of drug-likeness (QED) is 0.0429. The number of hydrogen-bond donors (Lipinski definition) is 8. The van der Waals surface area contributed by atoms with Gasteiger partial charge in [0.25, 0.3) is 0 Å². The lowest BCUT2D eigenvalue weighted by Crippen LogP contribution is -2.64. The van der Waals surface area contributed by atoms with Crippen molar-refractivity contribution in [3.63, 3.8) is 0 Å². The Balaban J connectivity index is 2.61. The van der Waals surface area contributed by atoms with Gasteiger partial charge in [-0.1, -0.05) is 129 Å². The maximum Gasteiger partial charge on any atom is 0.472 e. The maximum atomic E-state index is 12.7. The third-order valence-corrected chi connectivity index (χ3v) is 9.90. The fourth-order valence-electron chi connectivity index (χ4n) is 5.85. The molecule has 0 aromatic rings. The van der Waals surface area contributed by atoms with Crippen molar-refractivity contribution in [3.05, 3.63) is 0 Å². The Kier molecular flexibility index (Phi) is 23.9. The molecule has 8 N–H and O–H groups in total. The molecule has 0 bridgehead atoms. The summed E-state index contributed by atoms with van der Waals surface area (Å²) in [7, 11) is -5.03. The molecule has 0 aromatic heterocycles. The Labute approximate surface area is 276 Å². The van der Waals surface area contributed by atoms with Crippen LogP contribution in [-0.4, -0.2) is 96.8 Å². The van der Waals surface area contributed by atoms with Crippen molar-refractivity contribution >= 4 is 13.7 Å². The molecule has 1 aliphatic carbocycles. The average Bonchev–Trinajstić information content (AvgIpc) is 3.03. The lowest BCUT2D eigenvalue weighted by Gasteiger charge is -2.41. The number of unbranched alkanes of at least 4 members (excludes halogenated alkanes) is 17. The van der Waals surface area contributed by atoms with E-state index in [2.05, 4.69) is 19.2 Å². The standard InChI is InChI=1S/C33H66NO11P/c1-3-5-7-9-11-13-14-15-16-18-20-22-26(35)25(34-27(36)23-21-19-17-12-10-8-6-4-2)24-44-46(42,43)45-33-31(40)29(38)28(37)30(39)32(33)41/h25-26,28-33,35,37-41H,3-24H2,1-2H3,(H,34,36)(H,42,43)/t25-,26+,28?,29+,30?,31?,32?,33?/m0/s1. The minimum Gasteiger partial charge on any atom is -0.391 e. The second-order valence-corrected chi connectivity index (χ2v) is 14.5. The lowest BCUT2D eigenvalue weighted by atomic mass is 9.85. The number of nitrogens with one attached hydrogen (secondary N) is 1. The highest BCUT2D eigenvalue weighted by Crippen LogP contribution is 2.47. The van der Waals surface area contributed by atoms with Crippen molar-refractivity contribution in [1.82, 2.24) is 5.32 Å². The van der Waals surface area contributed by atoms with Gasteiger partial charge in [-0.15, -0.1) is 0 Å². The largest absolute Gasteiger partial charge is 0.472 e. The van der Waals surface area contributed by atoms with Gasteiger partial charge in [-0.2, -0.15) is 0 Å². The van der Waals surface area contributed by atoms with E-state index >= 15 is 0 Å². The Bertz CT molecular complexity index is 806. The van der Waals surface area contributed by atoms with Gasteiger partial charge >= 0.3 is 7.82 Å². The molecule has 0 aliphatic heterocycles. The van der Waals surface area contributed by atoms with E-state index in [0.29, 0.717) is 19.3 Å². The van der Waals surface area contributed by atoms with Crippen LogP contribution >= 0.6 is 7.82 Å². The molecule has 0 aromatic carbocycles. The molecule has 13 heteroatoms. The van der Waals surface area contributed by atoms with Gasteiger partial charge in [-0.25, -0.2) is 4.57 Å². The van der Waals surface area contributed by atoms with E-state index in [1.54, 1.807) is 0 Å². The second-order valence-electron chi connectivity index (χ2n) is 13.1. The highest BCUT2D eigenvalue weighted by atomic mass is 31.2. The zero-order valence-electron chi connectivity index (χ0n) is 28.4. The van der Waals surface area contributed by atoms with Gasteiger partial charge in [-0.3, -0.25) is 13.8 Å². The first-order chi connectivity index (χ1) is 21.9. The Hall–Kier alpha value is -0.660. The monoisotopic (exact) mass is 683 g/mol. The number of aliphatic hydroxyl groups excluding tert-OH is 6. The summed E-state index contributed by atoms with van der Waals surface area (Å²) >= 11 is 0. The van der Waals surface area contributed by atoms with Crippen molar-refractivity contribution in [3.8, 4) is 0 Å². The van der Waals surface area contributed by atoms with Gasteiger partial charge < -0.3 is 40.8 Å². The average molecular weight is 684 g/mol. The van der Waals surface area contributed by atoms with Crippen molar-refractivity contribution in [2.45, 2.75) is 197 Å². The van der Waals surface area contributed by atoms with Crippen LogP contribution in [0.1, 0.15) is 149 Å². The highest BCUT2D eigenvalue weighted by molar-refractivity contribution is 7.47. The third kappa shape index (κ3) is 18.2. The van der Waals surface area contributed by atoms with E-state index in [0.717, 1.165) is 38.5 Å². The first-order valence-corrected chi connectivity index (χ1v) is 19.5. The molecule has 1 aliphatic rings. The van der Waals surface area contributed by atoms with Gasteiger partial charge in [0, 0.05) is 6.42 Å². The van der Waals surface area contributed by atoms with E-state index in [-0.39, 0.29) is 12.3 Å². The van der Waals surface area contributed by atoms with Crippen LogP contribution in [0, 0.1) is 0 Å². The third-order valence-electron chi connectivity index (χ3n) is 8.92. The molecule has 1 saturated carbocycles. The predicted octanol–water partition coefficient (Wildman–Crippen LogP) is 4.38. The van der Waals surface area contributed by atoms with Crippen LogP contribution in [0.15, 0.2) is 0 Å². The molecule has 0 spiro atoms. The molecule has 0 heterocycles. The molecule has 1 rings (SSSR count). The molecular weight excluding hydrogens is 617 g/mol. The number of hydrogen-bond acceptors (Lipinski definition) is 10. The molecule has 6 unspecified atom stereocenters. The predicted molar refractivity (Wildman–Crippen MR) is 177 cm³/mol. The molecule has 0 saturated heterocycles. The minimum absolute atomic E-state index is 0.239.